The predicted molar refractivity (Wildman–Crippen MR) is 120 cm³/mol. The number of tetrazole rings is 1. The fourth-order valence-electron chi connectivity index (χ4n) is 3.74. The summed E-state index contributed by atoms with van der Waals surface area (Å²) in [5, 5.41) is 14.6. The zero-order valence-electron chi connectivity index (χ0n) is 19.1. The first-order valence-electron chi connectivity index (χ1n) is 10.4. The molecule has 0 saturated heterocycles. The Kier molecular flexibility index (Phi) is 6.44. The van der Waals surface area contributed by atoms with Crippen molar-refractivity contribution in [3.8, 4) is 17.2 Å². The van der Waals surface area contributed by atoms with E-state index in [2.05, 4.69) is 20.8 Å². The summed E-state index contributed by atoms with van der Waals surface area (Å²) in [6.07, 6.45) is 0. The maximum Gasteiger partial charge on any atom is 0.355 e. The lowest BCUT2D eigenvalue weighted by Gasteiger charge is -2.28. The van der Waals surface area contributed by atoms with Crippen molar-refractivity contribution in [3.63, 3.8) is 0 Å². The molecule has 0 unspecified atom stereocenters. The molecule has 0 fully saturated rings. The van der Waals surface area contributed by atoms with Gasteiger partial charge < -0.3 is 24.3 Å². The van der Waals surface area contributed by atoms with Crippen LogP contribution < -0.4 is 19.5 Å². The molecule has 0 amide bonds. The number of esters is 1. The number of allylic oxidation sites excluding steroid dienone is 1. The van der Waals surface area contributed by atoms with Crippen LogP contribution in [0.1, 0.15) is 28.9 Å². The first kappa shape index (κ1) is 22.8. The van der Waals surface area contributed by atoms with E-state index in [1.165, 1.54) is 26.0 Å². The van der Waals surface area contributed by atoms with Crippen molar-refractivity contribution in [2.24, 2.45) is 0 Å². The van der Waals surface area contributed by atoms with Crippen LogP contribution in [-0.4, -0.2) is 59.9 Å². The Morgan fingerprint density at radius 1 is 1.03 bits per heavy atom. The van der Waals surface area contributed by atoms with Gasteiger partial charge >= 0.3 is 5.97 Å². The van der Waals surface area contributed by atoms with E-state index in [4.69, 9.17) is 18.9 Å². The van der Waals surface area contributed by atoms with Gasteiger partial charge in [-0.25, -0.2) is 4.79 Å². The molecule has 0 bridgehead atoms. The number of nitrogens with zero attached hydrogens (tertiary/aromatic N) is 4. The number of hydrogen-bond acceptors (Lipinski definition) is 10. The molecule has 176 valence electrons. The van der Waals surface area contributed by atoms with Crippen LogP contribution in [0.5, 0.6) is 17.2 Å². The third-order valence-corrected chi connectivity index (χ3v) is 5.30. The second kappa shape index (κ2) is 9.61. The lowest BCUT2D eigenvalue weighted by molar-refractivity contribution is -0.136. The number of benzene rings is 2. The molecule has 1 atom stereocenters. The van der Waals surface area contributed by atoms with Crippen molar-refractivity contribution in [1.29, 1.82) is 0 Å². The molecule has 4 rings (SSSR count). The smallest absolute Gasteiger partial charge is 0.355 e. The van der Waals surface area contributed by atoms with Crippen LogP contribution in [0.4, 0.5) is 5.95 Å². The highest BCUT2D eigenvalue weighted by atomic mass is 16.5. The van der Waals surface area contributed by atoms with E-state index in [1.807, 2.05) is 6.92 Å². The summed E-state index contributed by atoms with van der Waals surface area (Å²) in [5.41, 5.74) is 1.01. The molecular weight excluding hydrogens is 442 g/mol. The van der Waals surface area contributed by atoms with Gasteiger partial charge in [-0.15, -0.1) is 0 Å². The molecule has 0 aliphatic carbocycles. The minimum absolute atomic E-state index is 0.0523. The van der Waals surface area contributed by atoms with Crippen LogP contribution >= 0.6 is 0 Å². The van der Waals surface area contributed by atoms with Crippen molar-refractivity contribution < 1.29 is 28.5 Å². The number of Topliss-reactive ketones (excluding diaryl/α,β-unsaturated/α-hetero) is 1. The van der Waals surface area contributed by atoms with Gasteiger partial charge in [0.05, 0.1) is 33.5 Å². The number of anilines is 1. The van der Waals surface area contributed by atoms with Gasteiger partial charge in [-0.05, 0) is 59.3 Å². The predicted octanol–water partition coefficient (Wildman–Crippen LogP) is 2.41. The number of hydrogen-bond donors (Lipinski definition) is 1. The normalized spacial score (nSPS) is 14.6. The quantitative estimate of drug-likeness (QED) is 0.391. The highest BCUT2D eigenvalue weighted by molar-refractivity contribution is 6.15. The van der Waals surface area contributed by atoms with Gasteiger partial charge in [0, 0.05) is 5.56 Å². The molecule has 11 nitrogen and oxygen atoms in total. The summed E-state index contributed by atoms with van der Waals surface area (Å²) < 4.78 is 22.6. The number of aromatic nitrogens is 4. The van der Waals surface area contributed by atoms with Gasteiger partial charge in [-0.2, -0.15) is 4.68 Å². The number of rotatable bonds is 8. The summed E-state index contributed by atoms with van der Waals surface area (Å²) in [4.78, 5) is 26.6. The maximum atomic E-state index is 13.8. The Morgan fingerprint density at radius 3 is 2.41 bits per heavy atom. The minimum Gasteiger partial charge on any atom is -0.494 e. The van der Waals surface area contributed by atoms with E-state index in [0.29, 0.717) is 35.0 Å². The van der Waals surface area contributed by atoms with E-state index < -0.39 is 17.8 Å². The van der Waals surface area contributed by atoms with E-state index in [1.54, 1.807) is 42.5 Å². The monoisotopic (exact) mass is 465 g/mol. The van der Waals surface area contributed by atoms with Crippen LogP contribution in [0.3, 0.4) is 0 Å². The molecule has 1 aliphatic rings. The van der Waals surface area contributed by atoms with Crippen LogP contribution in [0.2, 0.25) is 0 Å². The second-order valence-electron chi connectivity index (χ2n) is 7.16. The molecule has 2 heterocycles. The number of nitrogens with one attached hydrogen (secondary N) is 1. The zero-order valence-corrected chi connectivity index (χ0v) is 19.1. The van der Waals surface area contributed by atoms with Gasteiger partial charge in [0.15, 0.2) is 17.3 Å². The second-order valence-corrected chi connectivity index (χ2v) is 7.16. The van der Waals surface area contributed by atoms with Gasteiger partial charge in [-0.3, -0.25) is 4.79 Å². The fraction of sp³-hybridized carbons (Fsp3) is 0.261. The number of carbonyl (C=O) groups excluding carboxylic acids is 2. The average molecular weight is 465 g/mol. The molecule has 11 heteroatoms. The van der Waals surface area contributed by atoms with Crippen LogP contribution in [0.25, 0.3) is 0 Å². The van der Waals surface area contributed by atoms with Gasteiger partial charge in [0.25, 0.3) is 0 Å². The van der Waals surface area contributed by atoms with E-state index >= 15 is 0 Å². The van der Waals surface area contributed by atoms with Crippen LogP contribution in [-0.2, 0) is 9.53 Å². The molecule has 1 aliphatic heterocycles. The Bertz CT molecular complexity index is 1250. The summed E-state index contributed by atoms with van der Waals surface area (Å²) in [6, 6.07) is 11.0. The molecule has 34 heavy (non-hydrogen) atoms. The van der Waals surface area contributed by atoms with Crippen molar-refractivity contribution in [2.75, 3.05) is 33.3 Å². The van der Waals surface area contributed by atoms with E-state index in [0.717, 1.165) is 0 Å². The highest BCUT2D eigenvalue weighted by Gasteiger charge is 2.39. The third kappa shape index (κ3) is 4.03. The SMILES string of the molecule is CCOc1ccc(C(=O)C2=C(C(=O)OC)Nc3nnnn3[C@H]2c2ccc(OC)c(OC)c2)cc1. The highest BCUT2D eigenvalue weighted by Crippen LogP contribution is 2.39. The first-order valence-corrected chi connectivity index (χ1v) is 10.4. The van der Waals surface area contributed by atoms with Gasteiger partial charge in [0.1, 0.15) is 17.5 Å². The molecule has 3 aromatic rings. The summed E-state index contributed by atoms with van der Waals surface area (Å²) in [5.74, 6) is 0.630. The van der Waals surface area contributed by atoms with Crippen molar-refractivity contribution >= 4 is 17.7 Å². The summed E-state index contributed by atoms with van der Waals surface area (Å²) >= 11 is 0. The molecule has 0 radical (unpaired) electrons. The minimum atomic E-state index is -0.848. The molecule has 0 saturated carbocycles. The van der Waals surface area contributed by atoms with Crippen LogP contribution in [0.15, 0.2) is 53.7 Å². The van der Waals surface area contributed by atoms with Crippen LogP contribution in [0, 0.1) is 0 Å². The summed E-state index contributed by atoms with van der Waals surface area (Å²) in [7, 11) is 4.27. The topological polar surface area (TPSA) is 127 Å². The first-order chi connectivity index (χ1) is 16.5. The van der Waals surface area contributed by atoms with E-state index in [9.17, 15) is 9.59 Å². The third-order valence-electron chi connectivity index (χ3n) is 5.30. The Balaban J connectivity index is 1.90. The molecular formula is C23H23N5O6. The van der Waals surface area contributed by atoms with Crippen molar-refractivity contribution in [3.05, 3.63) is 64.9 Å². The summed E-state index contributed by atoms with van der Waals surface area (Å²) in [6.45, 7) is 2.37. The number of ketones is 1. The molecule has 1 aromatic heterocycles. The molecule has 2 aromatic carbocycles. The maximum absolute atomic E-state index is 13.8. The Morgan fingerprint density at radius 2 is 1.76 bits per heavy atom. The van der Waals surface area contributed by atoms with Gasteiger partial charge in [0.2, 0.25) is 5.95 Å². The average Bonchev–Trinajstić information content (AvgIpc) is 3.35. The number of carbonyl (C=O) groups is 2. The number of ether oxygens (including phenoxy) is 4. The molecule has 0 spiro atoms. The van der Waals surface area contributed by atoms with Crippen molar-refractivity contribution in [2.45, 2.75) is 13.0 Å². The van der Waals surface area contributed by atoms with Gasteiger partial charge in [-0.1, -0.05) is 11.2 Å². The number of fused-ring (bicyclic) bond motifs is 1. The Labute approximate surface area is 195 Å². The largest absolute Gasteiger partial charge is 0.494 e. The number of methoxy groups -OCH3 is 3. The van der Waals surface area contributed by atoms with Crippen molar-refractivity contribution in [1.82, 2.24) is 20.2 Å². The lowest BCUT2D eigenvalue weighted by Crippen LogP contribution is -2.33. The Hall–Kier alpha value is -4.41. The standard InChI is InChI=1S/C23H23N5O6/c1-5-34-15-9-6-13(7-10-15)21(29)18-19(22(30)33-4)24-23-25-26-27-28(23)20(18)14-8-11-16(31-2)17(12-14)32-3/h6-12,20H,5H2,1-4H3,(H,24,25,27)/t20-/m0/s1. The fourth-order valence-corrected chi connectivity index (χ4v) is 3.74. The lowest BCUT2D eigenvalue weighted by atomic mass is 9.89. The zero-order chi connectivity index (χ0) is 24.2. The molecule has 1 N–H and O–H groups in total. The van der Waals surface area contributed by atoms with E-state index in [-0.39, 0.29) is 17.2 Å².